The number of halogens is 2. The average Bonchev–Trinajstić information content (AvgIpc) is 3.33. The van der Waals surface area contributed by atoms with Crippen LogP contribution in [0.15, 0.2) is 88.7 Å². The van der Waals surface area contributed by atoms with Crippen LogP contribution in [-0.2, 0) is 14.3 Å². The average molecular weight is 720 g/mol. The molecule has 1 aliphatic carbocycles. The number of thioether (sulfide) groups is 2. The van der Waals surface area contributed by atoms with Gasteiger partial charge in [-0.2, -0.15) is 0 Å². The van der Waals surface area contributed by atoms with E-state index in [2.05, 4.69) is 20.8 Å². The number of carbonyl (C=O) groups excluding carboxylic acids is 1. The maximum atomic E-state index is 13.8. The van der Waals surface area contributed by atoms with Crippen LogP contribution in [0.2, 0.25) is 4.31 Å². The Morgan fingerprint density at radius 3 is 2.11 bits per heavy atom. The van der Waals surface area contributed by atoms with Crippen LogP contribution in [0.4, 0.5) is 8.78 Å². The van der Waals surface area contributed by atoms with E-state index in [0.29, 0.717) is 37.0 Å². The number of carbonyl (C=O) groups is 1. The summed E-state index contributed by atoms with van der Waals surface area (Å²) < 4.78 is 39.7. The van der Waals surface area contributed by atoms with Crippen LogP contribution >= 0.6 is 23.5 Å². The Bertz CT molecular complexity index is 1330. The molecule has 2 fully saturated rings. The summed E-state index contributed by atoms with van der Waals surface area (Å²) in [6.45, 7) is 6.72. The summed E-state index contributed by atoms with van der Waals surface area (Å²) in [6.07, 6.45) is 2.85. The van der Waals surface area contributed by atoms with E-state index in [9.17, 15) is 18.7 Å². The van der Waals surface area contributed by atoms with Crippen LogP contribution in [0.1, 0.15) is 59.3 Å². The van der Waals surface area contributed by atoms with E-state index in [-0.39, 0.29) is 28.3 Å². The number of aliphatic hydroxyl groups is 1. The number of aliphatic hydroxyl groups excluding tert-OH is 1. The molecule has 1 N–H and O–H groups in total. The van der Waals surface area contributed by atoms with Crippen LogP contribution < -0.4 is 4.46 Å². The van der Waals surface area contributed by atoms with Crippen LogP contribution in [0.5, 0.6) is 0 Å². The second-order valence-electron chi connectivity index (χ2n) is 12.5. The first-order chi connectivity index (χ1) is 21.6. The van der Waals surface area contributed by atoms with Gasteiger partial charge in [-0.1, -0.05) is 0 Å². The fourth-order valence-electron chi connectivity index (χ4n) is 6.25. The number of hydrogen-bond donors (Lipinski definition) is 1. The van der Waals surface area contributed by atoms with Gasteiger partial charge in [-0.3, -0.25) is 0 Å². The van der Waals surface area contributed by atoms with E-state index < -0.39 is 31.7 Å². The number of hydrogen-bond acceptors (Lipinski definition) is 6. The fourth-order valence-corrected chi connectivity index (χ4v) is 11.6. The first-order valence-corrected chi connectivity index (χ1v) is 19.2. The van der Waals surface area contributed by atoms with Gasteiger partial charge in [-0.15, -0.1) is 0 Å². The van der Waals surface area contributed by atoms with E-state index in [4.69, 9.17) is 9.47 Å². The van der Waals surface area contributed by atoms with Crippen molar-refractivity contribution in [3.05, 3.63) is 90.5 Å². The summed E-state index contributed by atoms with van der Waals surface area (Å²) in [5, 5.41) is 11.9. The van der Waals surface area contributed by atoms with Gasteiger partial charge >= 0.3 is 282 Å². The number of rotatable bonds is 13. The predicted octanol–water partition coefficient (Wildman–Crippen LogP) is 8.26. The maximum absolute atomic E-state index is 13.8. The third-order valence-electron chi connectivity index (χ3n) is 8.76. The molecule has 0 radical (unpaired) electrons. The van der Waals surface area contributed by atoms with Crippen LogP contribution in [0.25, 0.3) is 0 Å². The molecule has 1 heterocycles. The zero-order valence-electron chi connectivity index (χ0n) is 25.9. The van der Waals surface area contributed by atoms with Crippen molar-refractivity contribution < 1.29 is 28.2 Å². The summed E-state index contributed by atoms with van der Waals surface area (Å²) in [7, 11) is 0. The molecule has 4 nitrogen and oxygen atoms in total. The Morgan fingerprint density at radius 2 is 1.53 bits per heavy atom. The van der Waals surface area contributed by atoms with Gasteiger partial charge in [0.15, 0.2) is 0 Å². The Balaban J connectivity index is 1.34. The van der Waals surface area contributed by atoms with Gasteiger partial charge < -0.3 is 0 Å². The molecule has 2 aliphatic rings. The van der Waals surface area contributed by atoms with E-state index >= 15 is 0 Å². The zero-order chi connectivity index (χ0) is 32.0. The van der Waals surface area contributed by atoms with Crippen molar-refractivity contribution in [1.82, 2.24) is 0 Å². The van der Waals surface area contributed by atoms with Gasteiger partial charge in [0.05, 0.1) is 0 Å². The third-order valence-corrected chi connectivity index (χ3v) is 14.5. The SMILES string of the molecule is CC(C)[C@@H]1CC[C@@H](C)C[C@H]1O[C@H]1CC([Se]c2ccccc2)([C@@H](O)CCC(Sc2ccc(F)cc2)Sc2ccc(F)cc2)C(=O)O1. The predicted molar refractivity (Wildman–Crippen MR) is 179 cm³/mol. The number of benzene rings is 3. The van der Waals surface area contributed by atoms with Gasteiger partial charge in [0.1, 0.15) is 0 Å². The molecular weight excluding hydrogens is 677 g/mol. The molecule has 1 saturated heterocycles. The van der Waals surface area contributed by atoms with Crippen molar-refractivity contribution in [2.75, 3.05) is 0 Å². The number of ether oxygens (including phenoxy) is 2. The van der Waals surface area contributed by atoms with E-state index in [0.717, 1.165) is 27.1 Å². The molecule has 0 amide bonds. The standard InChI is InChI=1S/C36H42F2O4S2Se/c1-23(2)30-18-9-24(3)21-31(30)41-33-22-36(35(40)42-33,45-29-7-5-4-6-8-29)32(39)19-20-34(43-27-14-10-25(37)11-15-27)44-28-16-12-26(38)13-17-28/h4-8,10-17,23-24,30-34,39H,9,18-22H2,1-3H3/t24-,30+,31-,32+,33-,36?/m1/s1. The summed E-state index contributed by atoms with van der Waals surface area (Å²) in [6, 6.07) is 22.5. The fraction of sp³-hybridized carbons (Fsp3) is 0.472. The van der Waals surface area contributed by atoms with Gasteiger partial charge in [-0.25, -0.2) is 0 Å². The topological polar surface area (TPSA) is 55.8 Å². The van der Waals surface area contributed by atoms with Crippen molar-refractivity contribution in [2.45, 2.75) is 96.5 Å². The van der Waals surface area contributed by atoms with Crippen molar-refractivity contribution in [2.24, 2.45) is 17.8 Å². The number of esters is 1. The first kappa shape index (κ1) is 34.5. The summed E-state index contributed by atoms with van der Waals surface area (Å²) in [5.74, 6) is 0.440. The molecule has 1 unspecified atom stereocenters. The minimum atomic E-state index is -1.09. The van der Waals surface area contributed by atoms with E-state index in [1.54, 1.807) is 47.8 Å². The molecule has 0 aromatic heterocycles. The Morgan fingerprint density at radius 1 is 0.933 bits per heavy atom. The van der Waals surface area contributed by atoms with Crippen molar-refractivity contribution in [1.29, 1.82) is 0 Å². The summed E-state index contributed by atoms with van der Waals surface area (Å²) in [4.78, 5) is 15.6. The summed E-state index contributed by atoms with van der Waals surface area (Å²) >= 11 is 2.74. The molecule has 3 aromatic carbocycles. The quantitative estimate of drug-likeness (QED) is 0.0832. The third kappa shape index (κ3) is 9.15. The Kier molecular flexibility index (Phi) is 12.1. The molecule has 0 bridgehead atoms. The van der Waals surface area contributed by atoms with E-state index in [1.807, 2.05) is 30.3 Å². The monoisotopic (exact) mass is 720 g/mol. The number of cyclic esters (lactones) is 1. The second kappa shape index (κ2) is 15.8. The Hall–Kier alpha value is -1.87. The van der Waals surface area contributed by atoms with Gasteiger partial charge in [-0.05, 0) is 0 Å². The van der Waals surface area contributed by atoms with Crippen LogP contribution in [-0.4, -0.2) is 49.1 Å². The van der Waals surface area contributed by atoms with Crippen LogP contribution in [0, 0.1) is 29.4 Å². The molecule has 6 atom stereocenters. The molecule has 1 saturated carbocycles. The Labute approximate surface area is 280 Å². The molecule has 9 heteroatoms. The first-order valence-electron chi connectivity index (χ1n) is 15.7. The van der Waals surface area contributed by atoms with Crippen molar-refractivity contribution in [3.63, 3.8) is 0 Å². The zero-order valence-corrected chi connectivity index (χ0v) is 29.3. The molecule has 0 spiro atoms. The van der Waals surface area contributed by atoms with Gasteiger partial charge in [0, 0.05) is 0 Å². The molecule has 5 rings (SSSR count). The van der Waals surface area contributed by atoms with Crippen molar-refractivity contribution in [3.8, 4) is 0 Å². The van der Waals surface area contributed by atoms with Gasteiger partial charge in [0.2, 0.25) is 0 Å². The second-order valence-corrected chi connectivity index (χ2v) is 18.3. The molecule has 242 valence electrons. The summed E-state index contributed by atoms with van der Waals surface area (Å²) in [5.41, 5.74) is 0. The molecule has 3 aromatic rings. The van der Waals surface area contributed by atoms with Gasteiger partial charge in [0.25, 0.3) is 0 Å². The molecule has 45 heavy (non-hydrogen) atoms. The minimum absolute atomic E-state index is 0.0207. The van der Waals surface area contributed by atoms with E-state index in [1.165, 1.54) is 30.7 Å². The van der Waals surface area contributed by atoms with Crippen LogP contribution in [0.3, 0.4) is 0 Å². The molecule has 1 aliphatic heterocycles. The van der Waals surface area contributed by atoms with Crippen molar-refractivity contribution >= 4 is 48.9 Å². The molecular formula is C36H42F2O4S2Se. The normalized spacial score (nSPS) is 25.9.